The first kappa shape index (κ1) is 20.0. The molecular formula is C14H29ClN2O2S. The first-order valence-corrected chi connectivity index (χ1v) is 8.40. The normalized spacial score (nSPS) is 18.2. The van der Waals surface area contributed by atoms with Gasteiger partial charge in [0.1, 0.15) is 5.60 Å². The van der Waals surface area contributed by atoms with Crippen molar-refractivity contribution in [1.82, 2.24) is 10.6 Å². The lowest BCUT2D eigenvalue weighted by molar-refractivity contribution is -0.146. The number of carbonyl (C=O) groups is 1. The summed E-state index contributed by atoms with van der Waals surface area (Å²) in [6.45, 7) is 6.77. The average Bonchev–Trinajstić information content (AvgIpc) is 2.49. The molecule has 1 rings (SSSR count). The van der Waals surface area contributed by atoms with Crippen molar-refractivity contribution in [3.05, 3.63) is 0 Å². The number of carbonyl (C=O) groups excluding carboxylic acids is 1. The van der Waals surface area contributed by atoms with Crippen molar-refractivity contribution >= 4 is 30.1 Å². The number of hydrogen-bond donors (Lipinski definition) is 2. The summed E-state index contributed by atoms with van der Waals surface area (Å²) < 4.78 is 5.70. The van der Waals surface area contributed by atoms with Crippen LogP contribution in [0.3, 0.4) is 0 Å². The van der Waals surface area contributed by atoms with Crippen LogP contribution in [0, 0.1) is 0 Å². The van der Waals surface area contributed by atoms with Gasteiger partial charge in [0.05, 0.1) is 0 Å². The summed E-state index contributed by atoms with van der Waals surface area (Å²) in [4.78, 5) is 12.5. The minimum absolute atomic E-state index is 0. The average molecular weight is 325 g/mol. The molecule has 0 aromatic rings. The monoisotopic (exact) mass is 324 g/mol. The van der Waals surface area contributed by atoms with Gasteiger partial charge >= 0.3 is 0 Å². The molecule has 1 amide bonds. The van der Waals surface area contributed by atoms with Gasteiger partial charge in [-0.3, -0.25) is 4.79 Å². The van der Waals surface area contributed by atoms with Gasteiger partial charge < -0.3 is 15.4 Å². The van der Waals surface area contributed by atoms with Crippen LogP contribution in [0.4, 0.5) is 0 Å². The molecule has 0 radical (unpaired) electrons. The number of methoxy groups -OCH3 is 1. The maximum Gasteiger partial charge on any atom is 0.252 e. The Hall–Kier alpha value is 0.0300. The standard InChI is InChI=1S/C14H28N2O2S.ClH/c1-5-13(6-2,19-4)11-16-12(17)14(18-3)7-9-15-10-8-14;/h15H,5-11H2,1-4H3,(H,16,17);1H. The summed E-state index contributed by atoms with van der Waals surface area (Å²) >= 11 is 1.84. The second kappa shape index (κ2) is 9.13. The molecular weight excluding hydrogens is 296 g/mol. The predicted octanol–water partition coefficient (Wildman–Crippen LogP) is 2.21. The van der Waals surface area contributed by atoms with Gasteiger partial charge in [0, 0.05) is 18.4 Å². The predicted molar refractivity (Wildman–Crippen MR) is 88.9 cm³/mol. The Kier molecular flexibility index (Phi) is 9.14. The quantitative estimate of drug-likeness (QED) is 0.754. The molecule has 0 unspecified atom stereocenters. The molecule has 0 spiro atoms. The molecule has 0 saturated carbocycles. The van der Waals surface area contributed by atoms with Crippen LogP contribution in [-0.2, 0) is 9.53 Å². The van der Waals surface area contributed by atoms with Gasteiger partial charge in [0.2, 0.25) is 0 Å². The Morgan fingerprint density at radius 2 is 1.90 bits per heavy atom. The van der Waals surface area contributed by atoms with Crippen LogP contribution < -0.4 is 10.6 Å². The van der Waals surface area contributed by atoms with Crippen molar-refractivity contribution < 1.29 is 9.53 Å². The number of nitrogens with one attached hydrogen (secondary N) is 2. The Morgan fingerprint density at radius 3 is 2.30 bits per heavy atom. The van der Waals surface area contributed by atoms with Gasteiger partial charge in [0.15, 0.2) is 0 Å². The zero-order valence-corrected chi connectivity index (χ0v) is 14.7. The zero-order valence-electron chi connectivity index (χ0n) is 13.1. The van der Waals surface area contributed by atoms with Gasteiger partial charge in [-0.2, -0.15) is 11.8 Å². The molecule has 6 heteroatoms. The first-order chi connectivity index (χ1) is 9.08. The molecule has 1 heterocycles. The van der Waals surface area contributed by atoms with E-state index in [1.54, 1.807) is 7.11 Å². The zero-order chi connectivity index (χ0) is 14.4. The van der Waals surface area contributed by atoms with E-state index in [2.05, 4.69) is 30.7 Å². The fraction of sp³-hybridized carbons (Fsp3) is 0.929. The third-order valence-electron chi connectivity index (χ3n) is 4.51. The van der Waals surface area contributed by atoms with E-state index in [0.717, 1.165) is 45.3 Å². The molecule has 0 bridgehead atoms. The highest BCUT2D eigenvalue weighted by Crippen LogP contribution is 2.30. The van der Waals surface area contributed by atoms with E-state index in [9.17, 15) is 4.79 Å². The van der Waals surface area contributed by atoms with Gasteiger partial charge in [-0.1, -0.05) is 13.8 Å². The molecule has 0 aliphatic carbocycles. The third kappa shape index (κ3) is 4.52. The molecule has 1 aliphatic rings. The van der Waals surface area contributed by atoms with Crippen LogP contribution in [0.2, 0.25) is 0 Å². The minimum atomic E-state index is -0.628. The minimum Gasteiger partial charge on any atom is -0.368 e. The van der Waals surface area contributed by atoms with Crippen molar-refractivity contribution in [2.24, 2.45) is 0 Å². The van der Waals surface area contributed by atoms with Crippen LogP contribution in [0.5, 0.6) is 0 Å². The van der Waals surface area contributed by atoms with Crippen LogP contribution in [0.15, 0.2) is 0 Å². The van der Waals surface area contributed by atoms with E-state index in [1.165, 1.54) is 0 Å². The maximum absolute atomic E-state index is 12.5. The highest BCUT2D eigenvalue weighted by molar-refractivity contribution is 8.00. The second-order valence-electron chi connectivity index (χ2n) is 5.23. The molecule has 1 saturated heterocycles. The Labute approximate surface area is 133 Å². The van der Waals surface area contributed by atoms with Gasteiger partial charge in [-0.05, 0) is 45.0 Å². The maximum atomic E-state index is 12.5. The van der Waals surface area contributed by atoms with E-state index < -0.39 is 5.60 Å². The van der Waals surface area contributed by atoms with Crippen molar-refractivity contribution in [3.8, 4) is 0 Å². The first-order valence-electron chi connectivity index (χ1n) is 7.17. The lowest BCUT2D eigenvalue weighted by atomic mass is 9.90. The smallest absolute Gasteiger partial charge is 0.252 e. The molecule has 0 aromatic carbocycles. The molecule has 120 valence electrons. The third-order valence-corrected chi connectivity index (χ3v) is 6.10. The van der Waals surface area contributed by atoms with Crippen molar-refractivity contribution in [2.45, 2.75) is 49.9 Å². The fourth-order valence-electron chi connectivity index (χ4n) is 2.62. The van der Waals surface area contributed by atoms with Crippen LogP contribution in [0.25, 0.3) is 0 Å². The highest BCUT2D eigenvalue weighted by Gasteiger charge is 2.40. The lowest BCUT2D eigenvalue weighted by Crippen LogP contribution is -2.56. The Morgan fingerprint density at radius 1 is 1.35 bits per heavy atom. The van der Waals surface area contributed by atoms with Crippen molar-refractivity contribution in [1.29, 1.82) is 0 Å². The number of hydrogen-bond acceptors (Lipinski definition) is 4. The van der Waals surface area contributed by atoms with Crippen LogP contribution in [0.1, 0.15) is 39.5 Å². The number of piperidine rings is 1. The summed E-state index contributed by atoms with van der Waals surface area (Å²) in [6, 6.07) is 0. The summed E-state index contributed by atoms with van der Waals surface area (Å²) in [7, 11) is 1.65. The van der Waals surface area contributed by atoms with Gasteiger partial charge in [0.25, 0.3) is 5.91 Å². The second-order valence-corrected chi connectivity index (χ2v) is 6.50. The van der Waals surface area contributed by atoms with E-state index in [0.29, 0.717) is 0 Å². The summed E-state index contributed by atoms with van der Waals surface area (Å²) in [5, 5.41) is 6.40. The van der Waals surface area contributed by atoms with Gasteiger partial charge in [-0.15, -0.1) is 12.4 Å². The number of rotatable bonds is 7. The van der Waals surface area contributed by atoms with Gasteiger partial charge in [-0.25, -0.2) is 0 Å². The number of halogens is 1. The largest absolute Gasteiger partial charge is 0.368 e. The van der Waals surface area contributed by atoms with Crippen molar-refractivity contribution in [2.75, 3.05) is 33.0 Å². The molecule has 1 fully saturated rings. The summed E-state index contributed by atoms with van der Waals surface area (Å²) in [6.07, 6.45) is 5.74. The molecule has 2 N–H and O–H groups in total. The fourth-order valence-corrected chi connectivity index (χ4v) is 3.41. The van der Waals surface area contributed by atoms with Crippen molar-refractivity contribution in [3.63, 3.8) is 0 Å². The Balaban J connectivity index is 0.00000361. The topological polar surface area (TPSA) is 50.4 Å². The summed E-state index contributed by atoms with van der Waals surface area (Å²) in [5.74, 6) is 0.0526. The highest BCUT2D eigenvalue weighted by atomic mass is 35.5. The Bertz CT molecular complexity index is 285. The molecule has 0 aromatic heterocycles. The molecule has 4 nitrogen and oxygen atoms in total. The van der Waals surface area contributed by atoms with E-state index in [1.807, 2.05) is 11.8 Å². The van der Waals surface area contributed by atoms with E-state index in [4.69, 9.17) is 4.74 Å². The molecule has 1 aliphatic heterocycles. The van der Waals surface area contributed by atoms with Crippen LogP contribution in [-0.4, -0.2) is 49.3 Å². The number of amides is 1. The number of thioether (sulfide) groups is 1. The summed E-state index contributed by atoms with van der Waals surface area (Å²) in [5.41, 5.74) is -0.628. The lowest BCUT2D eigenvalue weighted by Gasteiger charge is -2.37. The number of ether oxygens (including phenoxy) is 1. The molecule has 20 heavy (non-hydrogen) atoms. The van der Waals surface area contributed by atoms with E-state index >= 15 is 0 Å². The van der Waals surface area contributed by atoms with Crippen LogP contribution >= 0.6 is 24.2 Å². The SMILES string of the molecule is CCC(CC)(CNC(=O)C1(OC)CCNCC1)SC.Cl. The molecule has 0 atom stereocenters. The van der Waals surface area contributed by atoms with E-state index in [-0.39, 0.29) is 23.1 Å².